The predicted molar refractivity (Wildman–Crippen MR) is 134 cm³/mol. The number of nitrogens with one attached hydrogen (secondary N) is 1. The number of aromatic nitrogens is 1. The maximum absolute atomic E-state index is 13.4. The maximum atomic E-state index is 13.4. The molecule has 5 rings (SSSR count). The number of anilines is 2. The van der Waals surface area contributed by atoms with Crippen molar-refractivity contribution in [3.8, 4) is 11.3 Å². The summed E-state index contributed by atoms with van der Waals surface area (Å²) in [6.45, 7) is 0. The first kappa shape index (κ1) is 22.0. The molecule has 2 aliphatic rings. The molecule has 172 valence electrons. The number of benzene rings is 2. The monoisotopic (exact) mass is 473 g/mol. The lowest BCUT2D eigenvalue weighted by atomic mass is 9.84. The molecule has 34 heavy (non-hydrogen) atoms. The number of hydrazone groups is 2. The van der Waals surface area contributed by atoms with Crippen molar-refractivity contribution in [2.75, 3.05) is 10.4 Å². The first-order valence-electron chi connectivity index (χ1n) is 11.2. The van der Waals surface area contributed by atoms with Crippen molar-refractivity contribution in [2.24, 2.45) is 16.1 Å². The summed E-state index contributed by atoms with van der Waals surface area (Å²) in [4.78, 5) is 29.6. The summed E-state index contributed by atoms with van der Waals surface area (Å²) in [6, 6.07) is 16.2. The molecule has 1 fully saturated rings. The van der Waals surface area contributed by atoms with Gasteiger partial charge in [-0.1, -0.05) is 61.7 Å². The van der Waals surface area contributed by atoms with Crippen LogP contribution in [-0.4, -0.2) is 33.4 Å². The van der Waals surface area contributed by atoms with Crippen LogP contribution in [0.3, 0.4) is 0 Å². The molecule has 0 unspecified atom stereocenters. The third kappa shape index (κ3) is 4.34. The van der Waals surface area contributed by atoms with Gasteiger partial charge < -0.3 is 5.11 Å². The summed E-state index contributed by atoms with van der Waals surface area (Å²) < 4.78 is 0. The lowest BCUT2D eigenvalue weighted by Crippen LogP contribution is -2.31. The van der Waals surface area contributed by atoms with Crippen molar-refractivity contribution >= 4 is 45.5 Å². The predicted octanol–water partition coefficient (Wildman–Crippen LogP) is 5.26. The standard InChI is InChI=1S/C25H23N5O3S/c31-23-22(28-27-19-14-8-7-13-18(19)24(32)33)21(17-11-5-2-6-12-17)29-30(23)25-26-20(15-34-25)16-9-3-1-4-10-16/h1,3-4,7-10,13-15,17,27H,2,5-6,11-12H2,(H,32,33)/b28-22-. The van der Waals surface area contributed by atoms with Crippen molar-refractivity contribution < 1.29 is 14.7 Å². The van der Waals surface area contributed by atoms with Gasteiger partial charge in [-0.15, -0.1) is 11.3 Å². The minimum Gasteiger partial charge on any atom is -0.478 e. The Labute approximate surface area is 200 Å². The van der Waals surface area contributed by atoms with Crippen molar-refractivity contribution in [3.05, 3.63) is 65.5 Å². The van der Waals surface area contributed by atoms with Crippen LogP contribution in [-0.2, 0) is 4.79 Å². The second-order valence-corrected chi connectivity index (χ2v) is 9.08. The molecule has 2 aromatic carbocycles. The fourth-order valence-electron chi connectivity index (χ4n) is 4.28. The quantitative estimate of drug-likeness (QED) is 0.475. The molecule has 2 N–H and O–H groups in total. The van der Waals surface area contributed by atoms with Crippen molar-refractivity contribution in [1.29, 1.82) is 0 Å². The van der Waals surface area contributed by atoms with Gasteiger partial charge in [0.05, 0.1) is 22.7 Å². The molecule has 0 atom stereocenters. The summed E-state index contributed by atoms with van der Waals surface area (Å²) in [5.74, 6) is -1.30. The number of rotatable bonds is 6. The van der Waals surface area contributed by atoms with E-state index < -0.39 is 5.97 Å². The Morgan fingerprint density at radius 2 is 1.79 bits per heavy atom. The molecule has 0 bridgehead atoms. The van der Waals surface area contributed by atoms with Gasteiger partial charge in [0.1, 0.15) is 0 Å². The Morgan fingerprint density at radius 1 is 1.06 bits per heavy atom. The highest BCUT2D eigenvalue weighted by Gasteiger charge is 2.39. The first-order valence-corrected chi connectivity index (χ1v) is 12.1. The third-order valence-electron chi connectivity index (χ3n) is 6.03. The number of aromatic carboxylic acids is 1. The Kier molecular flexibility index (Phi) is 6.18. The SMILES string of the molecule is O=C(O)c1ccccc1N/N=C1\C(=O)N(c2nc(-c3ccccc3)cs2)N=C1C1CCCCC1. The van der Waals surface area contributed by atoms with Gasteiger partial charge in [0.25, 0.3) is 0 Å². The number of thiazole rings is 1. The second kappa shape index (κ2) is 9.56. The Bertz CT molecular complexity index is 1280. The zero-order valence-electron chi connectivity index (χ0n) is 18.3. The average Bonchev–Trinajstić information content (AvgIpc) is 3.49. The molecule has 1 aliphatic carbocycles. The molecular formula is C25H23N5O3S. The summed E-state index contributed by atoms with van der Waals surface area (Å²) >= 11 is 1.35. The molecular weight excluding hydrogens is 450 g/mol. The van der Waals surface area contributed by atoms with Gasteiger partial charge >= 0.3 is 11.9 Å². The Morgan fingerprint density at radius 3 is 2.56 bits per heavy atom. The number of hydrogen-bond acceptors (Lipinski definition) is 7. The highest BCUT2D eigenvalue weighted by Crippen LogP contribution is 2.33. The lowest BCUT2D eigenvalue weighted by Gasteiger charge is -2.20. The van der Waals surface area contributed by atoms with Gasteiger partial charge in [-0.05, 0) is 25.0 Å². The fraction of sp³-hybridized carbons (Fsp3) is 0.240. The number of para-hydroxylation sites is 1. The molecule has 1 aromatic heterocycles. The molecule has 0 spiro atoms. The van der Waals surface area contributed by atoms with E-state index in [0.29, 0.717) is 16.5 Å². The van der Waals surface area contributed by atoms with Gasteiger partial charge in [0.15, 0.2) is 5.71 Å². The van der Waals surface area contributed by atoms with E-state index in [1.54, 1.807) is 18.2 Å². The first-order chi connectivity index (χ1) is 16.6. The molecule has 2 heterocycles. The zero-order chi connectivity index (χ0) is 23.5. The van der Waals surface area contributed by atoms with Gasteiger partial charge in [-0.25, -0.2) is 9.78 Å². The summed E-state index contributed by atoms with van der Waals surface area (Å²) in [6.07, 6.45) is 5.21. The maximum Gasteiger partial charge on any atom is 0.337 e. The minimum atomic E-state index is -1.07. The molecule has 3 aromatic rings. The second-order valence-electron chi connectivity index (χ2n) is 8.24. The number of amides is 1. The molecule has 0 radical (unpaired) electrons. The number of carbonyl (C=O) groups excluding carboxylic acids is 1. The van der Waals surface area contributed by atoms with Crippen LogP contribution in [0.1, 0.15) is 42.5 Å². The van der Waals surface area contributed by atoms with E-state index >= 15 is 0 Å². The normalized spacial score (nSPS) is 17.8. The molecule has 9 heteroatoms. The van der Waals surface area contributed by atoms with E-state index in [9.17, 15) is 14.7 Å². The van der Waals surface area contributed by atoms with Crippen molar-refractivity contribution in [2.45, 2.75) is 32.1 Å². The summed E-state index contributed by atoms with van der Waals surface area (Å²) in [7, 11) is 0. The molecule has 0 saturated heterocycles. The molecule has 1 aliphatic heterocycles. The lowest BCUT2D eigenvalue weighted by molar-refractivity contribution is -0.112. The number of nitrogens with zero attached hydrogens (tertiary/aromatic N) is 4. The van der Waals surface area contributed by atoms with Gasteiger partial charge in [0.2, 0.25) is 5.13 Å². The molecule has 1 amide bonds. The minimum absolute atomic E-state index is 0.0812. The Hall–Kier alpha value is -3.85. The fourth-order valence-corrected chi connectivity index (χ4v) is 5.06. The van der Waals surface area contributed by atoms with Crippen LogP contribution in [0.5, 0.6) is 0 Å². The van der Waals surface area contributed by atoms with E-state index in [-0.39, 0.29) is 23.1 Å². The van der Waals surface area contributed by atoms with Crippen LogP contribution < -0.4 is 10.4 Å². The van der Waals surface area contributed by atoms with Crippen molar-refractivity contribution in [1.82, 2.24) is 4.98 Å². The van der Waals surface area contributed by atoms with Crippen LogP contribution >= 0.6 is 11.3 Å². The van der Waals surface area contributed by atoms with E-state index in [1.165, 1.54) is 28.8 Å². The third-order valence-corrected chi connectivity index (χ3v) is 6.84. The summed E-state index contributed by atoms with van der Waals surface area (Å²) in [5.41, 5.74) is 5.80. The molecule has 8 nitrogen and oxygen atoms in total. The topological polar surface area (TPSA) is 107 Å². The molecule has 1 saturated carbocycles. The Balaban J connectivity index is 1.48. The van der Waals surface area contributed by atoms with E-state index in [1.807, 2.05) is 35.7 Å². The van der Waals surface area contributed by atoms with E-state index in [4.69, 9.17) is 0 Å². The highest BCUT2D eigenvalue weighted by atomic mass is 32.1. The van der Waals surface area contributed by atoms with E-state index in [0.717, 1.165) is 36.9 Å². The largest absolute Gasteiger partial charge is 0.478 e. The smallest absolute Gasteiger partial charge is 0.337 e. The van der Waals surface area contributed by atoms with Gasteiger partial charge in [0, 0.05) is 16.9 Å². The average molecular weight is 474 g/mol. The van der Waals surface area contributed by atoms with Crippen LogP contribution in [0.2, 0.25) is 0 Å². The number of hydrogen-bond donors (Lipinski definition) is 2. The number of carboxylic acids is 1. The zero-order valence-corrected chi connectivity index (χ0v) is 19.2. The highest BCUT2D eigenvalue weighted by molar-refractivity contribution is 7.14. The van der Waals surface area contributed by atoms with Crippen LogP contribution in [0, 0.1) is 5.92 Å². The van der Waals surface area contributed by atoms with Crippen LogP contribution in [0.4, 0.5) is 10.8 Å². The van der Waals surface area contributed by atoms with Crippen LogP contribution in [0.15, 0.2) is 70.2 Å². The van der Waals surface area contributed by atoms with Crippen LogP contribution in [0.25, 0.3) is 11.3 Å². The van der Waals surface area contributed by atoms with Crippen molar-refractivity contribution in [3.63, 3.8) is 0 Å². The van der Waals surface area contributed by atoms with E-state index in [2.05, 4.69) is 20.6 Å². The van der Waals surface area contributed by atoms with Gasteiger partial charge in [-0.3, -0.25) is 10.2 Å². The number of carboxylic acid groups (broad SMARTS) is 1. The van der Waals surface area contributed by atoms with Gasteiger partial charge in [-0.2, -0.15) is 15.2 Å². The summed E-state index contributed by atoms with van der Waals surface area (Å²) in [5, 5.41) is 22.2. The number of carbonyl (C=O) groups is 2.